The third-order valence-corrected chi connectivity index (χ3v) is 8.37. The van der Waals surface area contributed by atoms with Crippen LogP contribution in [-0.2, 0) is 16.6 Å². The van der Waals surface area contributed by atoms with E-state index < -0.39 is 10.0 Å². The molecular weight excluding hydrogens is 482 g/mol. The maximum Gasteiger partial charge on any atom is 0.264 e. The molecule has 37 heavy (non-hydrogen) atoms. The fraction of sp³-hybridized carbons (Fsp3) is 0.167. The Labute approximate surface area is 218 Å². The van der Waals surface area contributed by atoms with E-state index in [0.717, 1.165) is 11.3 Å². The molecule has 6 nitrogen and oxygen atoms in total. The molecule has 4 aromatic carbocycles. The van der Waals surface area contributed by atoms with Crippen molar-refractivity contribution >= 4 is 27.3 Å². The van der Waals surface area contributed by atoms with Crippen LogP contribution in [0.2, 0.25) is 0 Å². The molecule has 1 amide bonds. The summed E-state index contributed by atoms with van der Waals surface area (Å²) < 4.78 is 29.1. The van der Waals surface area contributed by atoms with E-state index in [1.807, 2.05) is 53.4 Å². The number of nitrogens with zero attached hydrogens (tertiary/aromatic N) is 3. The fourth-order valence-electron chi connectivity index (χ4n) is 4.62. The molecule has 5 rings (SSSR count). The normalized spacial score (nSPS) is 13.8. The van der Waals surface area contributed by atoms with Crippen LogP contribution in [0.3, 0.4) is 0 Å². The van der Waals surface area contributed by atoms with Crippen molar-refractivity contribution in [2.45, 2.75) is 11.4 Å². The first-order valence-corrected chi connectivity index (χ1v) is 13.8. The van der Waals surface area contributed by atoms with Gasteiger partial charge in [-0.05, 0) is 42.0 Å². The maximum absolute atomic E-state index is 13.9. The fourth-order valence-corrected chi connectivity index (χ4v) is 6.11. The number of carbonyl (C=O) groups is 1. The number of para-hydroxylation sites is 2. The molecule has 0 atom stereocenters. The zero-order chi connectivity index (χ0) is 25.7. The summed E-state index contributed by atoms with van der Waals surface area (Å²) in [4.78, 5) is 18.0. The summed E-state index contributed by atoms with van der Waals surface area (Å²) in [5, 5.41) is 0. The summed E-state index contributed by atoms with van der Waals surface area (Å²) in [5.41, 5.74) is 2.73. The molecule has 7 heteroatoms. The lowest BCUT2D eigenvalue weighted by atomic mass is 10.1. The number of hydrogen-bond donors (Lipinski definition) is 0. The summed E-state index contributed by atoms with van der Waals surface area (Å²) in [5.74, 6) is -0.162. The van der Waals surface area contributed by atoms with Crippen molar-refractivity contribution in [3.8, 4) is 0 Å². The van der Waals surface area contributed by atoms with Crippen molar-refractivity contribution in [2.24, 2.45) is 0 Å². The predicted molar refractivity (Wildman–Crippen MR) is 147 cm³/mol. The molecule has 0 N–H and O–H groups in total. The van der Waals surface area contributed by atoms with E-state index in [0.29, 0.717) is 37.4 Å². The quantitative estimate of drug-likeness (QED) is 0.349. The van der Waals surface area contributed by atoms with Crippen LogP contribution in [0.4, 0.5) is 11.4 Å². The second-order valence-corrected chi connectivity index (χ2v) is 10.8. The third-order valence-electron chi connectivity index (χ3n) is 6.59. The van der Waals surface area contributed by atoms with Crippen molar-refractivity contribution < 1.29 is 13.2 Å². The number of amides is 1. The van der Waals surface area contributed by atoms with Crippen molar-refractivity contribution in [2.75, 3.05) is 35.4 Å². The molecule has 1 saturated heterocycles. The van der Waals surface area contributed by atoms with E-state index >= 15 is 0 Å². The summed E-state index contributed by atoms with van der Waals surface area (Å²) >= 11 is 0. The van der Waals surface area contributed by atoms with Gasteiger partial charge in [0.2, 0.25) is 0 Å². The van der Waals surface area contributed by atoms with E-state index in [9.17, 15) is 13.2 Å². The second kappa shape index (κ2) is 10.9. The minimum Gasteiger partial charge on any atom is -0.368 e. The Morgan fingerprint density at radius 1 is 0.676 bits per heavy atom. The Kier molecular flexibility index (Phi) is 7.23. The molecule has 0 aliphatic carbocycles. The number of sulfonamides is 1. The van der Waals surface area contributed by atoms with Gasteiger partial charge in [0.05, 0.1) is 22.7 Å². The van der Waals surface area contributed by atoms with Crippen LogP contribution in [-0.4, -0.2) is 45.4 Å². The zero-order valence-corrected chi connectivity index (χ0v) is 21.3. The lowest BCUT2D eigenvalue weighted by molar-refractivity contribution is 0.0747. The highest BCUT2D eigenvalue weighted by Crippen LogP contribution is 2.30. The van der Waals surface area contributed by atoms with Gasteiger partial charge >= 0.3 is 0 Å². The number of anilines is 2. The van der Waals surface area contributed by atoms with Gasteiger partial charge in [-0.1, -0.05) is 78.9 Å². The van der Waals surface area contributed by atoms with E-state index in [1.54, 1.807) is 54.6 Å². The van der Waals surface area contributed by atoms with Crippen LogP contribution in [0.15, 0.2) is 120 Å². The van der Waals surface area contributed by atoms with Crippen molar-refractivity contribution in [1.29, 1.82) is 0 Å². The van der Waals surface area contributed by atoms with Crippen LogP contribution in [0, 0.1) is 0 Å². The largest absolute Gasteiger partial charge is 0.368 e. The number of benzene rings is 4. The van der Waals surface area contributed by atoms with Crippen LogP contribution in [0.1, 0.15) is 15.9 Å². The third kappa shape index (κ3) is 5.37. The predicted octanol–water partition coefficient (Wildman–Crippen LogP) is 5.04. The van der Waals surface area contributed by atoms with Crippen molar-refractivity contribution in [3.05, 3.63) is 126 Å². The molecule has 0 spiro atoms. The van der Waals surface area contributed by atoms with Gasteiger partial charge < -0.3 is 9.80 Å². The average molecular weight is 512 g/mol. The molecule has 0 saturated carbocycles. The Bertz CT molecular complexity index is 1440. The molecule has 188 valence electrons. The van der Waals surface area contributed by atoms with Gasteiger partial charge in [0.1, 0.15) is 0 Å². The van der Waals surface area contributed by atoms with E-state index in [1.165, 1.54) is 4.31 Å². The molecular formula is C30H29N3O3S. The Hall–Kier alpha value is -4.10. The minimum atomic E-state index is -3.93. The molecule has 1 fully saturated rings. The first-order chi connectivity index (χ1) is 18.0. The first-order valence-electron chi connectivity index (χ1n) is 12.3. The van der Waals surface area contributed by atoms with E-state index in [4.69, 9.17) is 0 Å². The van der Waals surface area contributed by atoms with E-state index in [2.05, 4.69) is 17.0 Å². The van der Waals surface area contributed by atoms with Gasteiger partial charge in [0.25, 0.3) is 15.9 Å². The van der Waals surface area contributed by atoms with Crippen molar-refractivity contribution in [3.63, 3.8) is 0 Å². The van der Waals surface area contributed by atoms with Gasteiger partial charge in [-0.15, -0.1) is 0 Å². The van der Waals surface area contributed by atoms with Crippen LogP contribution < -0.4 is 9.21 Å². The maximum atomic E-state index is 13.9. The lowest BCUT2D eigenvalue weighted by Crippen LogP contribution is -2.49. The van der Waals surface area contributed by atoms with E-state index in [-0.39, 0.29) is 17.3 Å². The van der Waals surface area contributed by atoms with Crippen molar-refractivity contribution in [1.82, 2.24) is 4.90 Å². The molecule has 0 radical (unpaired) electrons. The van der Waals surface area contributed by atoms with Gasteiger partial charge in [0, 0.05) is 31.9 Å². The summed E-state index contributed by atoms with van der Waals surface area (Å²) in [6, 6.07) is 35.0. The Balaban J connectivity index is 1.46. The number of rotatable bonds is 7. The monoisotopic (exact) mass is 511 g/mol. The highest BCUT2D eigenvalue weighted by atomic mass is 32.2. The molecule has 0 unspecified atom stereocenters. The Morgan fingerprint density at radius 2 is 1.22 bits per heavy atom. The number of piperazine rings is 1. The van der Waals surface area contributed by atoms with Gasteiger partial charge in [0.15, 0.2) is 0 Å². The first kappa shape index (κ1) is 24.6. The minimum absolute atomic E-state index is 0.115. The average Bonchev–Trinajstić information content (AvgIpc) is 2.97. The highest BCUT2D eigenvalue weighted by molar-refractivity contribution is 7.92. The molecule has 1 heterocycles. The number of hydrogen-bond acceptors (Lipinski definition) is 4. The van der Waals surface area contributed by atoms with Gasteiger partial charge in [-0.3, -0.25) is 9.10 Å². The Morgan fingerprint density at radius 3 is 1.86 bits per heavy atom. The molecule has 0 aromatic heterocycles. The lowest BCUT2D eigenvalue weighted by Gasteiger charge is -2.37. The van der Waals surface area contributed by atoms with Crippen LogP contribution in [0.25, 0.3) is 0 Å². The van der Waals surface area contributed by atoms with Gasteiger partial charge in [-0.25, -0.2) is 8.42 Å². The topological polar surface area (TPSA) is 60.9 Å². The highest BCUT2D eigenvalue weighted by Gasteiger charge is 2.31. The SMILES string of the molecule is O=C(c1ccccc1N(Cc1ccccc1)S(=O)(=O)c1ccccc1)N1CCN(c2ccccc2)CC1. The smallest absolute Gasteiger partial charge is 0.264 e. The molecule has 1 aliphatic heterocycles. The van der Waals surface area contributed by atoms with Crippen LogP contribution >= 0.6 is 0 Å². The summed E-state index contributed by atoms with van der Waals surface area (Å²) in [7, 11) is -3.93. The number of carbonyl (C=O) groups excluding carboxylic acids is 1. The summed E-state index contributed by atoms with van der Waals surface area (Å²) in [6.07, 6.45) is 0. The zero-order valence-electron chi connectivity index (χ0n) is 20.5. The summed E-state index contributed by atoms with van der Waals surface area (Å²) in [6.45, 7) is 2.67. The molecule has 4 aromatic rings. The molecule has 1 aliphatic rings. The van der Waals surface area contributed by atoms with Crippen LogP contribution in [0.5, 0.6) is 0 Å². The standard InChI is InChI=1S/C30H29N3O3S/c34-30(32-22-20-31(21-23-32)26-14-6-2-7-15-26)28-18-10-11-19-29(28)33(24-25-12-4-1-5-13-25)37(35,36)27-16-8-3-9-17-27/h1-19H,20-24H2. The van der Waals surface area contributed by atoms with Gasteiger partial charge in [-0.2, -0.15) is 0 Å². The molecule has 0 bridgehead atoms. The second-order valence-electron chi connectivity index (χ2n) is 8.94.